The number of nitrogens with zero attached hydrogens (tertiary/aromatic N) is 5. The maximum atomic E-state index is 12.3. The van der Waals surface area contributed by atoms with Gasteiger partial charge in [-0.15, -0.1) is 0 Å². The van der Waals surface area contributed by atoms with Crippen LogP contribution in [0.5, 0.6) is 11.6 Å². The molecule has 4 aromatic heterocycles. The van der Waals surface area contributed by atoms with Gasteiger partial charge in [0.15, 0.2) is 6.61 Å². The van der Waals surface area contributed by atoms with Gasteiger partial charge < -0.3 is 38.7 Å². The highest BCUT2D eigenvalue weighted by molar-refractivity contribution is 5.84. The number of hydrogen-bond acceptors (Lipinski definition) is 11. The Hall–Kier alpha value is -6.15. The number of aromatic nitrogens is 5. The second-order valence-electron chi connectivity index (χ2n) is 12.4. The van der Waals surface area contributed by atoms with Crippen molar-refractivity contribution in [2.24, 2.45) is 0 Å². The van der Waals surface area contributed by atoms with Crippen molar-refractivity contribution in [2.75, 3.05) is 53.2 Å². The molecule has 13 nitrogen and oxygen atoms in total. The first kappa shape index (κ1) is 36.2. The summed E-state index contributed by atoms with van der Waals surface area (Å²) in [5.41, 5.74) is 5.75. The maximum Gasteiger partial charge on any atom is 0.258 e. The van der Waals surface area contributed by atoms with Crippen molar-refractivity contribution in [2.45, 2.75) is 13.1 Å². The van der Waals surface area contributed by atoms with E-state index in [9.17, 15) is 4.79 Å². The molecular weight excluding hydrogens is 686 g/mol. The number of methoxy groups -OCH3 is 1. The van der Waals surface area contributed by atoms with Gasteiger partial charge in [0, 0.05) is 66.5 Å². The van der Waals surface area contributed by atoms with E-state index in [4.69, 9.17) is 23.5 Å². The predicted molar refractivity (Wildman–Crippen MR) is 204 cm³/mol. The zero-order valence-electron chi connectivity index (χ0n) is 29.9. The number of pyridine rings is 2. The molecule has 276 valence electrons. The molecule has 3 aromatic carbocycles. The van der Waals surface area contributed by atoms with Crippen molar-refractivity contribution in [1.82, 2.24) is 35.3 Å². The summed E-state index contributed by atoms with van der Waals surface area (Å²) in [6.07, 6.45) is 3.76. The average molecular weight is 728 g/mol. The minimum atomic E-state index is -0.238. The Morgan fingerprint density at radius 3 is 2.59 bits per heavy atom. The van der Waals surface area contributed by atoms with Crippen LogP contribution in [-0.4, -0.2) is 83.8 Å². The highest BCUT2D eigenvalue weighted by Gasteiger charge is 2.14. The third-order valence-corrected chi connectivity index (χ3v) is 8.66. The Labute approximate surface area is 312 Å². The van der Waals surface area contributed by atoms with Crippen LogP contribution in [0.15, 0.2) is 114 Å². The van der Waals surface area contributed by atoms with Crippen molar-refractivity contribution in [3.8, 4) is 34.6 Å². The van der Waals surface area contributed by atoms with Gasteiger partial charge in [0.05, 0.1) is 39.1 Å². The Balaban J connectivity index is 0.749. The molecule has 0 radical (unpaired) electrons. The van der Waals surface area contributed by atoms with Crippen LogP contribution in [0.4, 0.5) is 0 Å². The Morgan fingerprint density at radius 1 is 0.852 bits per heavy atom. The molecule has 0 aliphatic rings. The lowest BCUT2D eigenvalue weighted by atomic mass is 10.1. The summed E-state index contributed by atoms with van der Waals surface area (Å²) < 4.78 is 29.9. The van der Waals surface area contributed by atoms with Crippen LogP contribution in [0, 0.1) is 0 Å². The molecule has 7 aromatic rings. The number of carbonyl (C=O) groups excluding carboxylic acids is 1. The first-order valence-electron chi connectivity index (χ1n) is 17.7. The lowest BCUT2D eigenvalue weighted by Crippen LogP contribution is -2.32. The van der Waals surface area contributed by atoms with Crippen LogP contribution < -0.4 is 20.1 Å². The fraction of sp³-hybridized carbons (Fsp3) is 0.244. The number of benzene rings is 3. The van der Waals surface area contributed by atoms with Gasteiger partial charge in [0.25, 0.3) is 11.8 Å². The van der Waals surface area contributed by atoms with Gasteiger partial charge in [-0.1, -0.05) is 53.7 Å². The van der Waals surface area contributed by atoms with Gasteiger partial charge in [0.2, 0.25) is 11.7 Å². The highest BCUT2D eigenvalue weighted by atomic mass is 16.5. The van der Waals surface area contributed by atoms with E-state index in [1.54, 1.807) is 37.6 Å². The number of amides is 1. The van der Waals surface area contributed by atoms with E-state index in [-0.39, 0.29) is 12.5 Å². The standard InChI is InChI=1S/C41H41N7O6/c1-50-39-25-31(14-16-44-39)41-46-40(47-54-41)36-12-10-30-24-33(11-13-35(30)45-36)53-28-38(49)43-18-21-52-23-22-51-20-17-42-26-32-8-5-9-37-34(32)15-19-48(37)27-29-6-3-2-4-7-29/h2-16,19,24-25,42H,17-18,20-23,26-28H2,1H3,(H,43,49). The van der Waals surface area contributed by atoms with E-state index < -0.39 is 0 Å². The van der Waals surface area contributed by atoms with E-state index >= 15 is 0 Å². The van der Waals surface area contributed by atoms with Crippen LogP contribution in [0.2, 0.25) is 0 Å². The van der Waals surface area contributed by atoms with Crippen LogP contribution in [0.1, 0.15) is 11.1 Å². The second-order valence-corrected chi connectivity index (χ2v) is 12.4. The fourth-order valence-corrected chi connectivity index (χ4v) is 5.93. The Kier molecular flexibility index (Phi) is 12.1. The normalized spacial score (nSPS) is 11.3. The van der Waals surface area contributed by atoms with Crippen molar-refractivity contribution in [3.63, 3.8) is 0 Å². The van der Waals surface area contributed by atoms with Crippen molar-refractivity contribution < 1.29 is 28.3 Å². The molecule has 0 aliphatic carbocycles. The van der Waals surface area contributed by atoms with Gasteiger partial charge in [-0.05, 0) is 53.6 Å². The Morgan fingerprint density at radius 2 is 1.72 bits per heavy atom. The predicted octanol–water partition coefficient (Wildman–Crippen LogP) is 5.68. The zero-order chi connectivity index (χ0) is 37.0. The molecular formula is C41H41N7O6. The quantitative estimate of drug-likeness (QED) is 0.0993. The van der Waals surface area contributed by atoms with Gasteiger partial charge in [0.1, 0.15) is 11.4 Å². The smallest absolute Gasteiger partial charge is 0.258 e. The highest BCUT2D eigenvalue weighted by Crippen LogP contribution is 2.26. The van der Waals surface area contributed by atoms with E-state index in [0.29, 0.717) is 67.6 Å². The molecule has 7 rings (SSSR count). The monoisotopic (exact) mass is 727 g/mol. The first-order valence-corrected chi connectivity index (χ1v) is 17.7. The molecule has 0 aliphatic heterocycles. The summed E-state index contributed by atoms with van der Waals surface area (Å²) in [4.78, 5) is 25.6. The van der Waals surface area contributed by atoms with Crippen LogP contribution in [0.3, 0.4) is 0 Å². The average Bonchev–Trinajstić information content (AvgIpc) is 3.88. The number of carbonyl (C=O) groups is 1. The summed E-state index contributed by atoms with van der Waals surface area (Å²) in [7, 11) is 1.54. The topological polar surface area (TPSA) is 148 Å². The molecule has 0 fully saturated rings. The number of fused-ring (bicyclic) bond motifs is 2. The van der Waals surface area contributed by atoms with Crippen molar-refractivity contribution in [3.05, 3.63) is 121 Å². The second kappa shape index (κ2) is 18.1. The van der Waals surface area contributed by atoms with Crippen molar-refractivity contribution in [1.29, 1.82) is 0 Å². The van der Waals surface area contributed by atoms with E-state index in [1.165, 1.54) is 22.0 Å². The van der Waals surface area contributed by atoms with E-state index in [0.717, 1.165) is 30.5 Å². The summed E-state index contributed by atoms with van der Waals surface area (Å²) in [5, 5.41) is 12.5. The fourth-order valence-electron chi connectivity index (χ4n) is 5.93. The number of nitrogens with one attached hydrogen (secondary N) is 2. The zero-order valence-corrected chi connectivity index (χ0v) is 29.9. The molecule has 0 atom stereocenters. The molecule has 0 unspecified atom stereocenters. The van der Waals surface area contributed by atoms with E-state index in [1.807, 2.05) is 24.3 Å². The van der Waals surface area contributed by atoms with Gasteiger partial charge in [-0.3, -0.25) is 4.79 Å². The minimum Gasteiger partial charge on any atom is -0.484 e. The van der Waals surface area contributed by atoms with Gasteiger partial charge in [-0.2, -0.15) is 4.98 Å². The molecule has 0 spiro atoms. The molecule has 13 heteroatoms. The molecule has 0 bridgehead atoms. The number of rotatable bonds is 19. The molecule has 4 heterocycles. The minimum absolute atomic E-state index is 0.118. The molecule has 54 heavy (non-hydrogen) atoms. The lowest BCUT2D eigenvalue weighted by Gasteiger charge is -2.10. The molecule has 0 saturated heterocycles. The number of ether oxygens (including phenoxy) is 4. The summed E-state index contributed by atoms with van der Waals surface area (Å²) in [6.45, 7) is 4.49. The SMILES string of the molecule is COc1cc(-c2nc(-c3ccc4cc(OCC(=O)NCCOCCOCCNCc5cccc6c5ccn6Cc5ccccc5)ccc4n3)no2)ccn1. The third kappa shape index (κ3) is 9.44. The van der Waals surface area contributed by atoms with Crippen LogP contribution >= 0.6 is 0 Å². The maximum absolute atomic E-state index is 12.3. The first-order chi connectivity index (χ1) is 26.6. The molecule has 1 amide bonds. The summed E-state index contributed by atoms with van der Waals surface area (Å²) in [6, 6.07) is 31.7. The van der Waals surface area contributed by atoms with Crippen LogP contribution in [-0.2, 0) is 27.4 Å². The number of hydrogen-bond donors (Lipinski definition) is 2. The third-order valence-electron chi connectivity index (χ3n) is 8.66. The Bertz CT molecular complexity index is 2290. The van der Waals surface area contributed by atoms with Gasteiger partial charge in [-0.25, -0.2) is 9.97 Å². The lowest BCUT2D eigenvalue weighted by molar-refractivity contribution is -0.123. The largest absolute Gasteiger partial charge is 0.484 e. The van der Waals surface area contributed by atoms with Crippen LogP contribution in [0.25, 0.3) is 44.8 Å². The molecule has 2 N–H and O–H groups in total. The molecule has 0 saturated carbocycles. The summed E-state index contributed by atoms with van der Waals surface area (Å²) in [5.74, 6) is 1.46. The van der Waals surface area contributed by atoms with Crippen molar-refractivity contribution >= 4 is 27.7 Å². The van der Waals surface area contributed by atoms with Gasteiger partial charge >= 0.3 is 0 Å². The summed E-state index contributed by atoms with van der Waals surface area (Å²) >= 11 is 0. The van der Waals surface area contributed by atoms with E-state index in [2.05, 4.69) is 90.0 Å².